The van der Waals surface area contributed by atoms with E-state index in [1.54, 1.807) is 6.92 Å². The van der Waals surface area contributed by atoms with Crippen LogP contribution in [0.1, 0.15) is 78.6 Å². The molecule has 0 aromatic heterocycles. The van der Waals surface area contributed by atoms with Crippen molar-refractivity contribution in [2.24, 2.45) is 0 Å². The van der Waals surface area contributed by atoms with Crippen LogP contribution in [0.4, 0.5) is 0 Å². The Morgan fingerprint density at radius 3 is 1.77 bits per heavy atom. The first-order valence-corrected chi connectivity index (χ1v) is 11.6. The van der Waals surface area contributed by atoms with Gasteiger partial charge in [0.15, 0.2) is 0 Å². The number of amides is 2. The standard InChI is InChI=1S/C10H17NO2.C7H11NO.C6H6.C2H6/c1-9(12)5-4-6-10(13)11-7-2-3-8-11;9-6-8-5-1-2-7(8)3-4-7;1-2-4-6-5-3-1;1-2/h2-8H2,1H3;6H,1-5H2;1-6H;1-2H3. The summed E-state index contributed by atoms with van der Waals surface area (Å²) >= 11 is 0. The average Bonchev–Trinajstić information content (AvgIpc) is 3.18. The molecule has 1 saturated carbocycles. The lowest BCUT2D eigenvalue weighted by atomic mass is 10.2. The van der Waals surface area contributed by atoms with Crippen molar-refractivity contribution in [3.63, 3.8) is 0 Å². The molecule has 4 rings (SSSR count). The molecule has 1 aromatic carbocycles. The molecule has 1 aliphatic carbocycles. The Hall–Kier alpha value is -2.17. The molecule has 0 unspecified atom stereocenters. The summed E-state index contributed by atoms with van der Waals surface area (Å²) in [7, 11) is 0. The molecule has 5 heteroatoms. The average molecular weight is 417 g/mol. The highest BCUT2D eigenvalue weighted by Gasteiger charge is 2.50. The van der Waals surface area contributed by atoms with Crippen molar-refractivity contribution in [1.82, 2.24) is 9.80 Å². The van der Waals surface area contributed by atoms with Gasteiger partial charge in [-0.3, -0.25) is 9.59 Å². The number of benzene rings is 1. The number of likely N-dealkylation sites (tertiary alicyclic amines) is 2. The van der Waals surface area contributed by atoms with Gasteiger partial charge in [-0.25, -0.2) is 0 Å². The monoisotopic (exact) mass is 416 g/mol. The number of carbonyl (C=O) groups excluding carboxylic acids is 3. The molecule has 0 atom stereocenters. The Kier molecular flexibility index (Phi) is 12.7. The number of hydrogen-bond donors (Lipinski definition) is 0. The molecule has 0 bridgehead atoms. The third kappa shape index (κ3) is 9.55. The van der Waals surface area contributed by atoms with Crippen molar-refractivity contribution >= 4 is 18.1 Å². The molecule has 2 saturated heterocycles. The minimum atomic E-state index is 0.175. The van der Waals surface area contributed by atoms with E-state index in [-0.39, 0.29) is 11.7 Å². The summed E-state index contributed by atoms with van der Waals surface area (Å²) in [5.74, 6) is 0.396. The molecule has 2 aliphatic heterocycles. The predicted molar refractivity (Wildman–Crippen MR) is 122 cm³/mol. The SMILES string of the molecule is CC.CC(=O)CCCC(=O)N1CCCC1.O=CN1CCCC12CC2.c1ccccc1. The molecule has 2 amide bonds. The highest BCUT2D eigenvalue weighted by atomic mass is 16.2. The second-order valence-corrected chi connectivity index (χ2v) is 7.92. The summed E-state index contributed by atoms with van der Waals surface area (Å²) in [6.45, 7) is 8.40. The summed E-state index contributed by atoms with van der Waals surface area (Å²) in [4.78, 5) is 36.3. The minimum Gasteiger partial charge on any atom is -0.343 e. The van der Waals surface area contributed by atoms with Gasteiger partial charge in [0.1, 0.15) is 5.78 Å². The zero-order valence-corrected chi connectivity index (χ0v) is 19.1. The summed E-state index contributed by atoms with van der Waals surface area (Å²) in [5.41, 5.74) is 0.377. The van der Waals surface area contributed by atoms with Crippen LogP contribution in [0.25, 0.3) is 0 Å². The maximum atomic E-state index is 11.4. The third-order valence-corrected chi connectivity index (χ3v) is 5.65. The third-order valence-electron chi connectivity index (χ3n) is 5.65. The van der Waals surface area contributed by atoms with Crippen LogP contribution in [-0.4, -0.2) is 53.1 Å². The van der Waals surface area contributed by atoms with Gasteiger partial charge in [-0.15, -0.1) is 0 Å². The van der Waals surface area contributed by atoms with Gasteiger partial charge in [0.2, 0.25) is 12.3 Å². The van der Waals surface area contributed by atoms with E-state index in [1.807, 2.05) is 60.0 Å². The Balaban J connectivity index is 0.000000229. The number of ketones is 1. The maximum absolute atomic E-state index is 11.4. The van der Waals surface area contributed by atoms with Crippen LogP contribution in [0, 0.1) is 0 Å². The van der Waals surface area contributed by atoms with Gasteiger partial charge >= 0.3 is 0 Å². The highest BCUT2D eigenvalue weighted by Crippen LogP contribution is 2.48. The van der Waals surface area contributed by atoms with Gasteiger partial charge in [-0.1, -0.05) is 50.2 Å². The number of rotatable bonds is 5. The Bertz CT molecular complexity index is 581. The molecule has 5 nitrogen and oxygen atoms in total. The Labute approximate surface area is 182 Å². The lowest BCUT2D eigenvalue weighted by Crippen LogP contribution is -2.29. The summed E-state index contributed by atoms with van der Waals surface area (Å²) in [5, 5.41) is 0. The number of carbonyl (C=O) groups is 3. The van der Waals surface area contributed by atoms with Crippen LogP contribution >= 0.6 is 0 Å². The van der Waals surface area contributed by atoms with Crippen LogP contribution in [0.5, 0.6) is 0 Å². The zero-order chi connectivity index (χ0) is 22.2. The molecule has 0 radical (unpaired) electrons. The van der Waals surface area contributed by atoms with Crippen LogP contribution in [0.2, 0.25) is 0 Å². The molecule has 168 valence electrons. The van der Waals surface area contributed by atoms with E-state index < -0.39 is 0 Å². The molecule has 3 aliphatic rings. The molecule has 0 N–H and O–H groups in total. The maximum Gasteiger partial charge on any atom is 0.222 e. The minimum absolute atomic E-state index is 0.175. The summed E-state index contributed by atoms with van der Waals surface area (Å²) < 4.78 is 0. The van der Waals surface area contributed by atoms with Crippen LogP contribution in [-0.2, 0) is 14.4 Å². The quantitative estimate of drug-likeness (QED) is 0.645. The van der Waals surface area contributed by atoms with Gasteiger partial charge < -0.3 is 14.6 Å². The molecule has 1 aromatic rings. The van der Waals surface area contributed by atoms with Crippen molar-refractivity contribution in [2.45, 2.75) is 84.1 Å². The van der Waals surface area contributed by atoms with Gasteiger partial charge in [-0.05, 0) is 51.9 Å². The normalized spacial score (nSPS) is 17.6. The van der Waals surface area contributed by atoms with Crippen LogP contribution in [0.3, 0.4) is 0 Å². The van der Waals surface area contributed by atoms with Crippen LogP contribution < -0.4 is 0 Å². The van der Waals surface area contributed by atoms with E-state index in [2.05, 4.69) is 0 Å². The molecular weight excluding hydrogens is 376 g/mol. The summed E-state index contributed by atoms with van der Waals surface area (Å²) in [6.07, 6.45) is 10.1. The largest absolute Gasteiger partial charge is 0.343 e. The predicted octanol–water partition coefficient (Wildman–Crippen LogP) is 4.85. The van der Waals surface area contributed by atoms with E-state index >= 15 is 0 Å². The zero-order valence-electron chi connectivity index (χ0n) is 19.1. The molecule has 3 fully saturated rings. The smallest absolute Gasteiger partial charge is 0.222 e. The second kappa shape index (κ2) is 14.8. The van der Waals surface area contributed by atoms with E-state index in [1.165, 1.54) is 25.7 Å². The van der Waals surface area contributed by atoms with E-state index in [9.17, 15) is 14.4 Å². The van der Waals surface area contributed by atoms with E-state index in [4.69, 9.17) is 0 Å². The van der Waals surface area contributed by atoms with Crippen molar-refractivity contribution in [2.75, 3.05) is 19.6 Å². The first kappa shape index (κ1) is 25.9. The molecule has 2 heterocycles. The number of Topliss-reactive ketones (excluding diaryl/α,β-unsaturated/α-hetero) is 1. The van der Waals surface area contributed by atoms with Gasteiger partial charge in [0.05, 0.1) is 0 Å². The fourth-order valence-electron chi connectivity index (χ4n) is 3.80. The van der Waals surface area contributed by atoms with Crippen LogP contribution in [0.15, 0.2) is 36.4 Å². The van der Waals surface area contributed by atoms with Gasteiger partial charge in [-0.2, -0.15) is 0 Å². The van der Waals surface area contributed by atoms with E-state index in [0.29, 0.717) is 24.8 Å². The fraction of sp³-hybridized carbons (Fsp3) is 0.640. The topological polar surface area (TPSA) is 57.7 Å². The van der Waals surface area contributed by atoms with Crippen molar-refractivity contribution in [3.8, 4) is 0 Å². The van der Waals surface area contributed by atoms with Crippen molar-refractivity contribution < 1.29 is 14.4 Å². The van der Waals surface area contributed by atoms with Crippen molar-refractivity contribution in [3.05, 3.63) is 36.4 Å². The molecule has 30 heavy (non-hydrogen) atoms. The Morgan fingerprint density at radius 2 is 1.37 bits per heavy atom. The fourth-order valence-corrected chi connectivity index (χ4v) is 3.80. The molecular formula is C25H40N2O3. The molecule has 1 spiro atoms. The Morgan fingerprint density at radius 1 is 0.833 bits per heavy atom. The van der Waals surface area contributed by atoms with Gasteiger partial charge in [0, 0.05) is 38.0 Å². The lowest BCUT2D eigenvalue weighted by molar-refractivity contribution is -0.130. The van der Waals surface area contributed by atoms with E-state index in [0.717, 1.165) is 38.9 Å². The first-order chi connectivity index (χ1) is 14.6. The highest BCUT2D eigenvalue weighted by molar-refractivity contribution is 5.78. The van der Waals surface area contributed by atoms with Crippen molar-refractivity contribution in [1.29, 1.82) is 0 Å². The summed E-state index contributed by atoms with van der Waals surface area (Å²) in [6, 6.07) is 12.0. The number of nitrogens with zero attached hydrogens (tertiary/aromatic N) is 2. The number of hydrogen-bond acceptors (Lipinski definition) is 3. The lowest BCUT2D eigenvalue weighted by Gasteiger charge is -2.17. The second-order valence-electron chi connectivity index (χ2n) is 7.92. The van der Waals surface area contributed by atoms with Gasteiger partial charge in [0.25, 0.3) is 0 Å². The first-order valence-electron chi connectivity index (χ1n) is 11.6.